The van der Waals surface area contributed by atoms with Crippen LogP contribution in [0.4, 0.5) is 4.79 Å². The summed E-state index contributed by atoms with van der Waals surface area (Å²) in [6.07, 6.45) is -0.184. The molecule has 4 aromatic rings. The summed E-state index contributed by atoms with van der Waals surface area (Å²) in [7, 11) is 0. The molecule has 46 heavy (non-hydrogen) atoms. The van der Waals surface area contributed by atoms with Gasteiger partial charge in [-0.15, -0.1) is 11.3 Å². The van der Waals surface area contributed by atoms with Crippen molar-refractivity contribution < 1.29 is 28.6 Å². The number of amides is 2. The third-order valence-corrected chi connectivity index (χ3v) is 8.27. The largest absolute Gasteiger partial charge is 0.492 e. The highest BCUT2D eigenvalue weighted by Crippen LogP contribution is 2.29. The molecule has 242 valence electrons. The second kappa shape index (κ2) is 15.2. The number of hydrogen-bond acceptors (Lipinski definition) is 9. The number of nitrogens with zero attached hydrogens (tertiary/aromatic N) is 3. The average Bonchev–Trinajstić information content (AvgIpc) is 3.51. The van der Waals surface area contributed by atoms with Gasteiger partial charge in [-0.1, -0.05) is 48.5 Å². The van der Waals surface area contributed by atoms with E-state index in [0.29, 0.717) is 25.4 Å². The van der Waals surface area contributed by atoms with Crippen molar-refractivity contribution in [1.82, 2.24) is 20.1 Å². The van der Waals surface area contributed by atoms with Gasteiger partial charge in [0.25, 0.3) is 0 Å². The number of carbonyl (C=O) groups excluding carboxylic acids is 3. The first-order chi connectivity index (χ1) is 22.1. The van der Waals surface area contributed by atoms with Crippen LogP contribution in [-0.4, -0.2) is 84.2 Å². The number of piperazine rings is 1. The Hall–Kier alpha value is -4.48. The van der Waals surface area contributed by atoms with Crippen molar-refractivity contribution in [1.29, 1.82) is 0 Å². The minimum atomic E-state index is -0.493. The molecule has 0 bridgehead atoms. The van der Waals surface area contributed by atoms with Gasteiger partial charge in [0.2, 0.25) is 5.91 Å². The van der Waals surface area contributed by atoms with Gasteiger partial charge in [-0.05, 0) is 55.3 Å². The smallest absolute Gasteiger partial charge is 0.410 e. The maximum Gasteiger partial charge on any atom is 0.410 e. The molecule has 1 saturated heterocycles. The molecule has 2 amide bonds. The molecular weight excluding hydrogens is 604 g/mol. The summed E-state index contributed by atoms with van der Waals surface area (Å²) in [5.74, 6) is 0.00313. The van der Waals surface area contributed by atoms with Crippen LogP contribution in [0.3, 0.4) is 0 Å². The molecule has 0 atom stereocenters. The van der Waals surface area contributed by atoms with E-state index in [2.05, 4.69) is 21.3 Å². The average molecular weight is 645 g/mol. The van der Waals surface area contributed by atoms with Gasteiger partial charge < -0.3 is 24.4 Å². The van der Waals surface area contributed by atoms with Gasteiger partial charge >= 0.3 is 12.1 Å². The van der Waals surface area contributed by atoms with E-state index in [0.717, 1.165) is 52.3 Å². The van der Waals surface area contributed by atoms with Crippen molar-refractivity contribution in [2.24, 2.45) is 0 Å². The van der Waals surface area contributed by atoms with Crippen LogP contribution in [0, 0.1) is 0 Å². The fourth-order valence-corrected chi connectivity index (χ4v) is 5.75. The predicted molar refractivity (Wildman–Crippen MR) is 178 cm³/mol. The number of rotatable bonds is 11. The normalized spacial score (nSPS) is 13.8. The van der Waals surface area contributed by atoms with Crippen LogP contribution in [0.15, 0.2) is 72.1 Å². The zero-order chi connectivity index (χ0) is 32.5. The summed E-state index contributed by atoms with van der Waals surface area (Å²) < 4.78 is 16.8. The summed E-state index contributed by atoms with van der Waals surface area (Å²) in [5, 5.41) is 7.40. The van der Waals surface area contributed by atoms with E-state index in [-0.39, 0.29) is 31.6 Å². The molecule has 1 N–H and O–H groups in total. The number of aromatic nitrogens is 1. The van der Waals surface area contributed by atoms with Crippen molar-refractivity contribution in [3.63, 3.8) is 0 Å². The van der Waals surface area contributed by atoms with Crippen molar-refractivity contribution in [2.45, 2.75) is 39.4 Å². The zero-order valence-electron chi connectivity index (χ0n) is 26.5. The summed E-state index contributed by atoms with van der Waals surface area (Å²) in [6.45, 7) is 9.76. The molecular formula is C35H40N4O6S. The highest BCUT2D eigenvalue weighted by Gasteiger charge is 2.25. The number of benzene rings is 3. The van der Waals surface area contributed by atoms with Crippen molar-refractivity contribution >= 4 is 40.1 Å². The second-order valence-corrected chi connectivity index (χ2v) is 13.0. The number of nitrogens with one attached hydrogen (secondary N) is 1. The van der Waals surface area contributed by atoms with Crippen LogP contribution in [0.2, 0.25) is 0 Å². The highest BCUT2D eigenvalue weighted by atomic mass is 32.1. The SMILES string of the molecule is CC(C)(C)OC(=O)N1CCN(CCOc2ccc3ccc(-c4nc(CC(=O)NCC(=O)OCc5ccccc5)cs4)cc3c2)CC1. The van der Waals surface area contributed by atoms with Gasteiger partial charge in [0.1, 0.15) is 36.1 Å². The number of ether oxygens (including phenoxy) is 3. The van der Waals surface area contributed by atoms with E-state index in [9.17, 15) is 14.4 Å². The van der Waals surface area contributed by atoms with Gasteiger partial charge in [0.05, 0.1) is 12.1 Å². The Kier molecular flexibility index (Phi) is 10.9. The zero-order valence-corrected chi connectivity index (χ0v) is 27.3. The van der Waals surface area contributed by atoms with Gasteiger partial charge in [0, 0.05) is 43.7 Å². The molecule has 2 heterocycles. The van der Waals surface area contributed by atoms with Crippen LogP contribution in [-0.2, 0) is 32.1 Å². The van der Waals surface area contributed by atoms with Crippen LogP contribution in [0.25, 0.3) is 21.3 Å². The minimum absolute atomic E-state index is 0.0735. The van der Waals surface area contributed by atoms with E-state index in [1.165, 1.54) is 11.3 Å². The first-order valence-corrected chi connectivity index (χ1v) is 16.3. The first kappa shape index (κ1) is 32.9. The molecule has 0 saturated carbocycles. The summed E-state index contributed by atoms with van der Waals surface area (Å²) in [5.41, 5.74) is 1.98. The van der Waals surface area contributed by atoms with Gasteiger partial charge in [0.15, 0.2) is 0 Å². The molecule has 11 heteroatoms. The fraction of sp³-hybridized carbons (Fsp3) is 0.371. The number of thiazole rings is 1. The maximum absolute atomic E-state index is 12.4. The Morgan fingerprint density at radius 1 is 0.935 bits per heavy atom. The fourth-order valence-electron chi connectivity index (χ4n) is 4.93. The van der Waals surface area contributed by atoms with Gasteiger partial charge in [-0.25, -0.2) is 9.78 Å². The molecule has 0 aliphatic carbocycles. The molecule has 5 rings (SSSR count). The number of carbonyl (C=O) groups is 3. The first-order valence-electron chi connectivity index (χ1n) is 15.4. The second-order valence-electron chi connectivity index (χ2n) is 12.1. The summed E-state index contributed by atoms with van der Waals surface area (Å²) >= 11 is 1.47. The lowest BCUT2D eigenvalue weighted by Crippen LogP contribution is -2.50. The monoisotopic (exact) mass is 644 g/mol. The van der Waals surface area contributed by atoms with E-state index in [1.807, 2.05) is 86.8 Å². The Labute approximate surface area is 273 Å². The third kappa shape index (κ3) is 9.76. The van der Waals surface area contributed by atoms with Crippen LogP contribution >= 0.6 is 11.3 Å². The Balaban J connectivity index is 1.07. The molecule has 0 unspecified atom stereocenters. The maximum atomic E-state index is 12.4. The van der Waals surface area contributed by atoms with Crippen molar-refractivity contribution in [3.05, 3.63) is 83.4 Å². The van der Waals surface area contributed by atoms with E-state index in [4.69, 9.17) is 14.2 Å². The van der Waals surface area contributed by atoms with Gasteiger partial charge in [-0.3, -0.25) is 14.5 Å². The van der Waals surface area contributed by atoms with E-state index < -0.39 is 11.6 Å². The lowest BCUT2D eigenvalue weighted by molar-refractivity contribution is -0.145. The predicted octanol–water partition coefficient (Wildman–Crippen LogP) is 5.30. The number of fused-ring (bicyclic) bond motifs is 1. The summed E-state index contributed by atoms with van der Waals surface area (Å²) in [6, 6.07) is 21.6. The van der Waals surface area contributed by atoms with Gasteiger partial charge in [-0.2, -0.15) is 0 Å². The lowest BCUT2D eigenvalue weighted by atomic mass is 10.1. The van der Waals surface area contributed by atoms with Crippen LogP contribution < -0.4 is 10.1 Å². The highest BCUT2D eigenvalue weighted by molar-refractivity contribution is 7.13. The molecule has 1 aromatic heterocycles. The molecule has 1 fully saturated rings. The van der Waals surface area contributed by atoms with Crippen LogP contribution in [0.1, 0.15) is 32.0 Å². The topological polar surface area (TPSA) is 110 Å². The Morgan fingerprint density at radius 2 is 1.70 bits per heavy atom. The lowest BCUT2D eigenvalue weighted by Gasteiger charge is -2.35. The number of esters is 1. The van der Waals surface area contributed by atoms with Crippen molar-refractivity contribution in [2.75, 3.05) is 45.9 Å². The molecule has 0 radical (unpaired) electrons. The molecule has 10 nitrogen and oxygen atoms in total. The Bertz CT molecular complexity index is 1640. The van der Waals surface area contributed by atoms with E-state index in [1.54, 1.807) is 4.90 Å². The molecule has 3 aromatic carbocycles. The van der Waals surface area contributed by atoms with Crippen molar-refractivity contribution in [3.8, 4) is 16.3 Å². The minimum Gasteiger partial charge on any atom is -0.492 e. The molecule has 1 aliphatic rings. The number of hydrogen-bond donors (Lipinski definition) is 1. The third-order valence-electron chi connectivity index (χ3n) is 7.32. The molecule has 0 spiro atoms. The Morgan fingerprint density at radius 3 is 2.46 bits per heavy atom. The van der Waals surface area contributed by atoms with E-state index >= 15 is 0 Å². The molecule has 1 aliphatic heterocycles. The standard InChI is InChI=1S/C35H40N4O6S/c1-35(2,3)45-34(42)39-15-13-38(14-16-39)17-18-43-30-12-11-26-9-10-27(19-28(26)20-30)33-37-29(24-46-33)21-31(40)36-22-32(41)44-23-25-7-5-4-6-8-25/h4-12,19-20,24H,13-18,21-23H2,1-3H3,(H,36,40). The summed E-state index contributed by atoms with van der Waals surface area (Å²) in [4.78, 5) is 45.5. The quantitative estimate of drug-likeness (QED) is 0.219. The van der Waals surface area contributed by atoms with Crippen LogP contribution in [0.5, 0.6) is 5.75 Å².